The second-order valence-corrected chi connectivity index (χ2v) is 4.54. The molecule has 5 heteroatoms. The van der Waals surface area contributed by atoms with Crippen LogP contribution in [-0.4, -0.2) is 30.2 Å². The standard InChI is InChI=1S/C14H17FN2O2/c1-10(9-19-2)16-14(18)8-17-7-6-11-12(15)4-3-5-13(11)17/h3-7,10H,8-9H2,1-2H3,(H,16,18). The number of hydrogen-bond donors (Lipinski definition) is 1. The van der Waals surface area contributed by atoms with E-state index in [0.717, 1.165) is 5.52 Å². The number of rotatable bonds is 5. The number of carbonyl (C=O) groups is 1. The van der Waals surface area contributed by atoms with Crippen molar-refractivity contribution in [3.63, 3.8) is 0 Å². The molecular weight excluding hydrogens is 247 g/mol. The third-order valence-electron chi connectivity index (χ3n) is 2.90. The van der Waals surface area contributed by atoms with Crippen LogP contribution in [0.4, 0.5) is 4.39 Å². The number of aromatic nitrogens is 1. The second-order valence-electron chi connectivity index (χ2n) is 4.54. The predicted octanol–water partition coefficient (Wildman–Crippen LogP) is 1.93. The fourth-order valence-corrected chi connectivity index (χ4v) is 2.09. The zero-order valence-corrected chi connectivity index (χ0v) is 11.0. The van der Waals surface area contributed by atoms with Crippen LogP contribution in [0.5, 0.6) is 0 Å². The van der Waals surface area contributed by atoms with Crippen molar-refractivity contribution in [2.24, 2.45) is 0 Å². The molecule has 1 amide bonds. The lowest BCUT2D eigenvalue weighted by atomic mass is 10.2. The summed E-state index contributed by atoms with van der Waals surface area (Å²) >= 11 is 0. The first kappa shape index (κ1) is 13.5. The van der Waals surface area contributed by atoms with Gasteiger partial charge in [0.2, 0.25) is 5.91 Å². The Labute approximate surface area is 111 Å². The monoisotopic (exact) mass is 264 g/mol. The molecule has 19 heavy (non-hydrogen) atoms. The van der Waals surface area contributed by atoms with Gasteiger partial charge in [-0.1, -0.05) is 6.07 Å². The maximum absolute atomic E-state index is 13.5. The Morgan fingerprint density at radius 2 is 2.26 bits per heavy atom. The number of fused-ring (bicyclic) bond motifs is 1. The summed E-state index contributed by atoms with van der Waals surface area (Å²) in [5.74, 6) is -0.393. The van der Waals surface area contributed by atoms with Gasteiger partial charge in [0, 0.05) is 24.7 Å². The number of benzene rings is 1. The van der Waals surface area contributed by atoms with Gasteiger partial charge in [-0.05, 0) is 25.1 Å². The highest BCUT2D eigenvalue weighted by Gasteiger charge is 2.10. The Kier molecular flexibility index (Phi) is 4.16. The normalized spacial score (nSPS) is 12.6. The van der Waals surface area contributed by atoms with Gasteiger partial charge in [-0.2, -0.15) is 0 Å². The van der Waals surface area contributed by atoms with E-state index in [1.165, 1.54) is 6.07 Å². The van der Waals surface area contributed by atoms with Crippen molar-refractivity contribution in [2.45, 2.75) is 19.5 Å². The van der Waals surface area contributed by atoms with Crippen molar-refractivity contribution in [1.29, 1.82) is 0 Å². The maximum atomic E-state index is 13.5. The summed E-state index contributed by atoms with van der Waals surface area (Å²) in [5.41, 5.74) is 0.717. The zero-order chi connectivity index (χ0) is 13.8. The zero-order valence-electron chi connectivity index (χ0n) is 11.0. The first-order valence-electron chi connectivity index (χ1n) is 6.13. The maximum Gasteiger partial charge on any atom is 0.240 e. The average Bonchev–Trinajstić information content (AvgIpc) is 2.74. The molecule has 0 spiro atoms. The van der Waals surface area contributed by atoms with E-state index in [-0.39, 0.29) is 24.3 Å². The van der Waals surface area contributed by atoms with E-state index < -0.39 is 0 Å². The van der Waals surface area contributed by atoms with Crippen LogP contribution in [0.25, 0.3) is 10.9 Å². The first-order valence-corrected chi connectivity index (χ1v) is 6.13. The Balaban J connectivity index is 2.09. The molecule has 1 heterocycles. The molecule has 0 radical (unpaired) electrons. The van der Waals surface area contributed by atoms with Crippen LogP contribution in [0, 0.1) is 5.82 Å². The molecule has 0 aliphatic heterocycles. The molecule has 1 aromatic heterocycles. The van der Waals surface area contributed by atoms with Gasteiger partial charge < -0.3 is 14.6 Å². The van der Waals surface area contributed by atoms with Gasteiger partial charge in [0.1, 0.15) is 12.4 Å². The molecule has 0 aliphatic carbocycles. The number of nitrogens with zero attached hydrogens (tertiary/aromatic N) is 1. The Morgan fingerprint density at radius 1 is 1.47 bits per heavy atom. The highest BCUT2D eigenvalue weighted by molar-refractivity contribution is 5.83. The van der Waals surface area contributed by atoms with E-state index in [9.17, 15) is 9.18 Å². The van der Waals surface area contributed by atoms with Crippen LogP contribution in [0.3, 0.4) is 0 Å². The topological polar surface area (TPSA) is 43.3 Å². The lowest BCUT2D eigenvalue weighted by Crippen LogP contribution is -2.37. The molecule has 2 rings (SSSR count). The molecule has 4 nitrogen and oxygen atoms in total. The molecular formula is C14H17FN2O2. The molecule has 0 saturated heterocycles. The number of nitrogens with one attached hydrogen (secondary N) is 1. The fraction of sp³-hybridized carbons (Fsp3) is 0.357. The third-order valence-corrected chi connectivity index (χ3v) is 2.90. The predicted molar refractivity (Wildman–Crippen MR) is 71.4 cm³/mol. The van der Waals surface area contributed by atoms with Gasteiger partial charge in [-0.15, -0.1) is 0 Å². The lowest BCUT2D eigenvalue weighted by Gasteiger charge is -2.13. The first-order chi connectivity index (χ1) is 9.11. The molecule has 2 aromatic rings. The number of amides is 1. The average molecular weight is 264 g/mol. The molecule has 0 saturated carbocycles. The molecule has 1 N–H and O–H groups in total. The third kappa shape index (κ3) is 3.12. The molecule has 1 atom stereocenters. The quantitative estimate of drug-likeness (QED) is 0.896. The van der Waals surface area contributed by atoms with Gasteiger partial charge in [0.05, 0.1) is 12.1 Å². The molecule has 1 unspecified atom stereocenters. The summed E-state index contributed by atoms with van der Waals surface area (Å²) in [5, 5.41) is 3.35. The SMILES string of the molecule is COCC(C)NC(=O)Cn1ccc2c(F)cccc21. The van der Waals surface area contributed by atoms with E-state index in [0.29, 0.717) is 12.0 Å². The van der Waals surface area contributed by atoms with E-state index in [1.54, 1.807) is 36.1 Å². The van der Waals surface area contributed by atoms with E-state index in [1.807, 2.05) is 6.92 Å². The summed E-state index contributed by atoms with van der Waals surface area (Å²) < 4.78 is 20.2. The van der Waals surface area contributed by atoms with Gasteiger partial charge in [-0.3, -0.25) is 4.79 Å². The minimum absolute atomic E-state index is 0.0453. The summed E-state index contributed by atoms with van der Waals surface area (Å²) in [6.45, 7) is 2.50. The Bertz CT molecular complexity index is 580. The second kappa shape index (κ2) is 5.84. The Morgan fingerprint density at radius 3 is 3.00 bits per heavy atom. The van der Waals surface area contributed by atoms with Crippen molar-refractivity contribution in [1.82, 2.24) is 9.88 Å². The van der Waals surface area contributed by atoms with Gasteiger partial charge >= 0.3 is 0 Å². The number of carbonyl (C=O) groups excluding carboxylic acids is 1. The highest BCUT2D eigenvalue weighted by Crippen LogP contribution is 2.18. The van der Waals surface area contributed by atoms with Crippen LogP contribution < -0.4 is 5.32 Å². The largest absolute Gasteiger partial charge is 0.383 e. The van der Waals surface area contributed by atoms with Crippen molar-refractivity contribution >= 4 is 16.8 Å². The van der Waals surface area contributed by atoms with E-state index >= 15 is 0 Å². The number of hydrogen-bond acceptors (Lipinski definition) is 2. The van der Waals surface area contributed by atoms with Crippen molar-refractivity contribution in [3.8, 4) is 0 Å². The Hall–Kier alpha value is -1.88. The summed E-state index contributed by atoms with van der Waals surface area (Å²) in [6, 6.07) is 6.48. The summed E-state index contributed by atoms with van der Waals surface area (Å²) in [6.07, 6.45) is 1.72. The van der Waals surface area contributed by atoms with Gasteiger partial charge in [0.25, 0.3) is 0 Å². The molecule has 102 valence electrons. The number of ether oxygens (including phenoxy) is 1. The molecule has 1 aromatic carbocycles. The van der Waals surface area contributed by atoms with Crippen LogP contribution in [0.2, 0.25) is 0 Å². The van der Waals surface area contributed by atoms with E-state index in [2.05, 4.69) is 5.32 Å². The van der Waals surface area contributed by atoms with Crippen molar-refractivity contribution in [2.75, 3.05) is 13.7 Å². The van der Waals surface area contributed by atoms with Crippen LogP contribution >= 0.6 is 0 Å². The van der Waals surface area contributed by atoms with Crippen molar-refractivity contribution in [3.05, 3.63) is 36.3 Å². The summed E-state index contributed by atoms with van der Waals surface area (Å²) in [4.78, 5) is 11.8. The molecule has 0 fully saturated rings. The van der Waals surface area contributed by atoms with Crippen molar-refractivity contribution < 1.29 is 13.9 Å². The van der Waals surface area contributed by atoms with Gasteiger partial charge in [0.15, 0.2) is 0 Å². The lowest BCUT2D eigenvalue weighted by molar-refractivity contribution is -0.122. The fourth-order valence-electron chi connectivity index (χ4n) is 2.09. The minimum Gasteiger partial charge on any atom is -0.383 e. The minimum atomic E-state index is -0.274. The molecule has 0 bridgehead atoms. The van der Waals surface area contributed by atoms with Crippen LogP contribution in [0.15, 0.2) is 30.5 Å². The van der Waals surface area contributed by atoms with Gasteiger partial charge in [-0.25, -0.2) is 4.39 Å². The summed E-state index contributed by atoms with van der Waals surface area (Å²) in [7, 11) is 1.59. The number of halogens is 1. The molecule has 0 aliphatic rings. The van der Waals surface area contributed by atoms with E-state index in [4.69, 9.17) is 4.74 Å². The van der Waals surface area contributed by atoms with Crippen LogP contribution in [-0.2, 0) is 16.1 Å². The number of methoxy groups -OCH3 is 1. The highest BCUT2D eigenvalue weighted by atomic mass is 19.1. The van der Waals surface area contributed by atoms with Crippen LogP contribution in [0.1, 0.15) is 6.92 Å². The smallest absolute Gasteiger partial charge is 0.240 e.